The Hall–Kier alpha value is -2.86. The van der Waals surface area contributed by atoms with E-state index in [2.05, 4.69) is 5.32 Å². The number of hydrogen-bond donors (Lipinski definition) is 3. The molecule has 0 aromatic heterocycles. The van der Waals surface area contributed by atoms with Crippen molar-refractivity contribution in [2.24, 2.45) is 5.92 Å². The molecular weight excluding hydrogens is 320 g/mol. The Morgan fingerprint density at radius 2 is 1.88 bits per heavy atom. The molecule has 2 aromatic carbocycles. The van der Waals surface area contributed by atoms with Crippen LogP contribution in [0.4, 0.5) is 5.69 Å². The van der Waals surface area contributed by atoms with Crippen LogP contribution in [0.1, 0.15) is 27.9 Å². The molecule has 3 rings (SSSR count). The highest BCUT2D eigenvalue weighted by Gasteiger charge is 2.24. The van der Waals surface area contributed by atoms with Crippen LogP contribution in [0.15, 0.2) is 42.5 Å². The fourth-order valence-electron chi connectivity index (χ4n) is 3.10. The second-order valence-corrected chi connectivity index (χ2v) is 6.08. The van der Waals surface area contributed by atoms with Gasteiger partial charge in [-0.25, -0.2) is 5.48 Å². The molecular formula is C19H20N2O4. The summed E-state index contributed by atoms with van der Waals surface area (Å²) < 4.78 is 5.09. The van der Waals surface area contributed by atoms with Gasteiger partial charge in [-0.15, -0.1) is 0 Å². The first-order valence-corrected chi connectivity index (χ1v) is 8.12. The van der Waals surface area contributed by atoms with E-state index in [0.717, 1.165) is 12.0 Å². The van der Waals surface area contributed by atoms with Crippen molar-refractivity contribution in [3.8, 4) is 5.75 Å². The van der Waals surface area contributed by atoms with E-state index in [0.29, 0.717) is 29.8 Å². The molecule has 0 saturated carbocycles. The Labute approximate surface area is 145 Å². The molecule has 2 amide bonds. The molecule has 25 heavy (non-hydrogen) atoms. The highest BCUT2D eigenvalue weighted by Crippen LogP contribution is 2.28. The lowest BCUT2D eigenvalue weighted by Gasteiger charge is -2.23. The lowest BCUT2D eigenvalue weighted by molar-refractivity contribution is -0.133. The number of rotatable bonds is 4. The van der Waals surface area contributed by atoms with Crippen LogP contribution in [0.2, 0.25) is 0 Å². The molecule has 0 radical (unpaired) electrons. The van der Waals surface area contributed by atoms with E-state index in [1.807, 2.05) is 18.2 Å². The lowest BCUT2D eigenvalue weighted by Crippen LogP contribution is -2.31. The van der Waals surface area contributed by atoms with Crippen molar-refractivity contribution in [3.05, 3.63) is 59.2 Å². The standard InChI is InChI=1S/C19H20N2O4/c1-25-17-8-5-13(6-9-17)18(22)20-16-7-4-12-2-3-14(19(23)21-24)10-15(12)11-16/h4-9,11,14,24H,2-3,10H2,1H3,(H,20,22)(H,21,23). The summed E-state index contributed by atoms with van der Waals surface area (Å²) in [5.74, 6) is -0.120. The van der Waals surface area contributed by atoms with Crippen molar-refractivity contribution < 1.29 is 19.5 Å². The smallest absolute Gasteiger partial charge is 0.255 e. The van der Waals surface area contributed by atoms with E-state index < -0.39 is 0 Å². The Morgan fingerprint density at radius 3 is 2.56 bits per heavy atom. The van der Waals surface area contributed by atoms with Gasteiger partial charge >= 0.3 is 0 Å². The number of ether oxygens (including phenoxy) is 1. The van der Waals surface area contributed by atoms with Crippen LogP contribution in [-0.2, 0) is 17.6 Å². The van der Waals surface area contributed by atoms with Crippen molar-refractivity contribution in [2.75, 3.05) is 12.4 Å². The number of hydroxylamine groups is 1. The van der Waals surface area contributed by atoms with Crippen LogP contribution in [0, 0.1) is 5.92 Å². The predicted molar refractivity (Wildman–Crippen MR) is 92.8 cm³/mol. The molecule has 0 spiro atoms. The normalized spacial score (nSPS) is 15.8. The Balaban J connectivity index is 1.73. The maximum atomic E-state index is 12.4. The van der Waals surface area contributed by atoms with Crippen molar-refractivity contribution in [3.63, 3.8) is 0 Å². The fourth-order valence-corrected chi connectivity index (χ4v) is 3.10. The van der Waals surface area contributed by atoms with Gasteiger partial charge in [-0.2, -0.15) is 0 Å². The van der Waals surface area contributed by atoms with Crippen molar-refractivity contribution >= 4 is 17.5 Å². The molecule has 0 bridgehead atoms. The maximum absolute atomic E-state index is 12.4. The van der Waals surface area contributed by atoms with E-state index in [9.17, 15) is 9.59 Å². The van der Waals surface area contributed by atoms with Crippen molar-refractivity contribution in [1.29, 1.82) is 0 Å². The minimum absolute atomic E-state index is 0.205. The van der Waals surface area contributed by atoms with Crippen LogP contribution >= 0.6 is 0 Å². The predicted octanol–water partition coefficient (Wildman–Crippen LogP) is 2.56. The van der Waals surface area contributed by atoms with Crippen LogP contribution in [0.25, 0.3) is 0 Å². The van der Waals surface area contributed by atoms with Crippen LogP contribution < -0.4 is 15.5 Å². The average molecular weight is 340 g/mol. The highest BCUT2D eigenvalue weighted by molar-refractivity contribution is 6.04. The van der Waals surface area contributed by atoms with Gasteiger partial charge in [-0.05, 0) is 66.8 Å². The zero-order chi connectivity index (χ0) is 17.8. The topological polar surface area (TPSA) is 87.7 Å². The number of methoxy groups -OCH3 is 1. The van der Waals surface area contributed by atoms with Gasteiger partial charge in [-0.1, -0.05) is 6.07 Å². The molecule has 1 aliphatic carbocycles. The summed E-state index contributed by atoms with van der Waals surface area (Å²) in [5.41, 5.74) is 5.14. The van der Waals surface area contributed by atoms with Gasteiger partial charge in [0.05, 0.1) is 7.11 Å². The number of carbonyl (C=O) groups is 2. The number of amides is 2. The monoisotopic (exact) mass is 340 g/mol. The van der Waals surface area contributed by atoms with Crippen LogP contribution in [-0.4, -0.2) is 24.1 Å². The number of hydrogen-bond acceptors (Lipinski definition) is 4. The summed E-state index contributed by atoms with van der Waals surface area (Å²) >= 11 is 0. The Bertz CT molecular complexity index is 787. The molecule has 1 atom stereocenters. The summed E-state index contributed by atoms with van der Waals surface area (Å²) in [6, 6.07) is 12.6. The molecule has 3 N–H and O–H groups in total. The van der Waals surface area contributed by atoms with Gasteiger partial charge in [0.25, 0.3) is 5.91 Å². The molecule has 130 valence electrons. The van der Waals surface area contributed by atoms with E-state index in [1.54, 1.807) is 36.9 Å². The van der Waals surface area contributed by atoms with Crippen molar-refractivity contribution in [2.45, 2.75) is 19.3 Å². The molecule has 0 aliphatic heterocycles. The zero-order valence-electron chi connectivity index (χ0n) is 13.9. The first-order valence-electron chi connectivity index (χ1n) is 8.12. The van der Waals surface area contributed by atoms with Gasteiger partial charge in [0.1, 0.15) is 5.75 Å². The lowest BCUT2D eigenvalue weighted by atomic mass is 9.83. The first-order chi connectivity index (χ1) is 12.1. The largest absolute Gasteiger partial charge is 0.497 e. The summed E-state index contributed by atoms with van der Waals surface area (Å²) in [5, 5.41) is 11.7. The van der Waals surface area contributed by atoms with Gasteiger partial charge in [0.2, 0.25) is 5.91 Å². The Morgan fingerprint density at radius 1 is 1.12 bits per heavy atom. The van der Waals surface area contributed by atoms with Gasteiger partial charge in [0, 0.05) is 17.2 Å². The quantitative estimate of drug-likeness (QED) is 0.590. The number of carbonyl (C=O) groups excluding carboxylic acids is 2. The molecule has 0 fully saturated rings. The summed E-state index contributed by atoms with van der Waals surface area (Å²) in [6.45, 7) is 0. The molecule has 6 heteroatoms. The molecule has 6 nitrogen and oxygen atoms in total. The molecule has 0 heterocycles. The SMILES string of the molecule is COc1ccc(C(=O)Nc2ccc3c(c2)CC(C(=O)NO)CC3)cc1. The third kappa shape index (κ3) is 3.80. The van der Waals surface area contributed by atoms with E-state index in [-0.39, 0.29) is 17.7 Å². The minimum atomic E-state index is -0.363. The third-order valence-corrected chi connectivity index (χ3v) is 4.53. The van der Waals surface area contributed by atoms with Crippen LogP contribution in [0.5, 0.6) is 5.75 Å². The number of fused-ring (bicyclic) bond motifs is 1. The molecule has 1 unspecified atom stereocenters. The first kappa shape index (κ1) is 17.0. The Kier molecular flexibility index (Phi) is 5.00. The average Bonchev–Trinajstić information content (AvgIpc) is 2.66. The van der Waals surface area contributed by atoms with E-state index in [1.165, 1.54) is 5.56 Å². The second kappa shape index (κ2) is 7.36. The zero-order valence-corrected chi connectivity index (χ0v) is 13.9. The molecule has 2 aromatic rings. The number of nitrogens with one attached hydrogen (secondary N) is 2. The maximum Gasteiger partial charge on any atom is 0.255 e. The van der Waals surface area contributed by atoms with Gasteiger partial charge < -0.3 is 10.1 Å². The number of anilines is 1. The summed E-state index contributed by atoms with van der Waals surface area (Å²) in [6.07, 6.45) is 2.03. The van der Waals surface area contributed by atoms with E-state index in [4.69, 9.17) is 9.94 Å². The third-order valence-electron chi connectivity index (χ3n) is 4.53. The van der Waals surface area contributed by atoms with Gasteiger partial charge in [-0.3, -0.25) is 14.8 Å². The number of benzene rings is 2. The fraction of sp³-hybridized carbons (Fsp3) is 0.263. The van der Waals surface area contributed by atoms with E-state index >= 15 is 0 Å². The van der Waals surface area contributed by atoms with Gasteiger partial charge in [0.15, 0.2) is 0 Å². The summed E-state index contributed by atoms with van der Waals surface area (Å²) in [4.78, 5) is 24.0. The molecule has 0 saturated heterocycles. The van der Waals surface area contributed by atoms with Crippen LogP contribution in [0.3, 0.4) is 0 Å². The molecule has 1 aliphatic rings. The highest BCUT2D eigenvalue weighted by atomic mass is 16.5. The summed E-state index contributed by atoms with van der Waals surface area (Å²) in [7, 11) is 1.58. The van der Waals surface area contributed by atoms with Crippen molar-refractivity contribution in [1.82, 2.24) is 5.48 Å². The second-order valence-electron chi connectivity index (χ2n) is 6.08. The minimum Gasteiger partial charge on any atom is -0.497 e. The number of aryl methyl sites for hydroxylation is 1.